The minimum Gasteiger partial charge on any atom is -0.490 e. The van der Waals surface area contributed by atoms with Gasteiger partial charge in [0.15, 0.2) is 18.1 Å². The first-order valence-electron chi connectivity index (χ1n) is 9.34. The molecule has 0 radical (unpaired) electrons. The van der Waals surface area contributed by atoms with Crippen molar-refractivity contribution >= 4 is 27.5 Å². The Morgan fingerprint density at radius 2 is 2.00 bits per heavy atom. The van der Waals surface area contributed by atoms with Crippen molar-refractivity contribution in [1.82, 2.24) is 9.78 Å². The van der Waals surface area contributed by atoms with Gasteiger partial charge in [-0.15, -0.1) is 0 Å². The number of carbonyl (C=O) groups excluding carboxylic acids is 1. The van der Waals surface area contributed by atoms with Gasteiger partial charge in [0.05, 0.1) is 39.8 Å². The minimum absolute atomic E-state index is 0.226. The van der Waals surface area contributed by atoms with Gasteiger partial charge in [0.25, 0.3) is 5.91 Å². The summed E-state index contributed by atoms with van der Waals surface area (Å²) >= 11 is 3.38. The van der Waals surface area contributed by atoms with Gasteiger partial charge in [0.1, 0.15) is 0 Å². The molecule has 7 nitrogen and oxygen atoms in total. The maximum atomic E-state index is 12.6. The van der Waals surface area contributed by atoms with Crippen LogP contribution in [0.25, 0.3) is 5.69 Å². The lowest BCUT2D eigenvalue weighted by Gasteiger charge is -2.15. The Bertz CT molecular complexity index is 1120. The van der Waals surface area contributed by atoms with Crippen LogP contribution in [0, 0.1) is 25.2 Å². The van der Waals surface area contributed by atoms with Crippen LogP contribution >= 0.6 is 15.9 Å². The summed E-state index contributed by atoms with van der Waals surface area (Å²) in [5.74, 6) is 0.444. The summed E-state index contributed by atoms with van der Waals surface area (Å²) in [6.07, 6.45) is 0. The third-order valence-corrected chi connectivity index (χ3v) is 4.79. The third kappa shape index (κ3) is 4.81. The monoisotopic (exact) mass is 468 g/mol. The summed E-state index contributed by atoms with van der Waals surface area (Å²) in [6.45, 7) is 5.89. The summed E-state index contributed by atoms with van der Waals surface area (Å²) in [7, 11) is 0. The number of amides is 1. The minimum atomic E-state index is -0.331. The number of hydrogen-bond acceptors (Lipinski definition) is 5. The number of ether oxygens (including phenoxy) is 2. The molecule has 1 N–H and O–H groups in total. The van der Waals surface area contributed by atoms with Gasteiger partial charge in [-0.05, 0) is 61.0 Å². The predicted molar refractivity (Wildman–Crippen MR) is 117 cm³/mol. The zero-order valence-electron chi connectivity index (χ0n) is 16.9. The standard InChI is InChI=1S/C22H21BrN4O3/c1-4-29-20-11-16(12-24)10-17(23)22(20)30-13-21(28)25-18-7-5-6-8-19(18)27-15(3)9-14(2)26-27/h5-11H,4,13H2,1-3H3,(H,25,28). The second-order valence-electron chi connectivity index (χ2n) is 6.52. The van der Waals surface area contributed by atoms with Gasteiger partial charge in [-0.25, -0.2) is 4.68 Å². The van der Waals surface area contributed by atoms with Gasteiger partial charge in [0, 0.05) is 11.8 Å². The molecule has 0 atom stereocenters. The van der Waals surface area contributed by atoms with E-state index in [0.29, 0.717) is 33.8 Å². The Hall–Kier alpha value is -3.31. The molecule has 30 heavy (non-hydrogen) atoms. The highest BCUT2D eigenvalue weighted by Crippen LogP contribution is 2.36. The van der Waals surface area contributed by atoms with Crippen LogP contribution in [0.5, 0.6) is 11.5 Å². The van der Waals surface area contributed by atoms with E-state index in [1.807, 2.05) is 51.1 Å². The van der Waals surface area contributed by atoms with Crippen molar-refractivity contribution in [1.29, 1.82) is 5.26 Å². The predicted octanol–water partition coefficient (Wildman–Crippen LogP) is 4.54. The lowest BCUT2D eigenvalue weighted by atomic mass is 10.2. The number of nitriles is 1. The van der Waals surface area contributed by atoms with E-state index in [4.69, 9.17) is 14.7 Å². The van der Waals surface area contributed by atoms with E-state index in [9.17, 15) is 4.79 Å². The Morgan fingerprint density at radius 1 is 1.23 bits per heavy atom. The van der Waals surface area contributed by atoms with Crippen LogP contribution in [0.2, 0.25) is 0 Å². The maximum absolute atomic E-state index is 12.6. The van der Waals surface area contributed by atoms with E-state index < -0.39 is 0 Å². The van der Waals surface area contributed by atoms with Crippen molar-refractivity contribution in [3.8, 4) is 23.3 Å². The van der Waals surface area contributed by atoms with Crippen molar-refractivity contribution in [3.05, 3.63) is 63.9 Å². The van der Waals surface area contributed by atoms with Crippen LogP contribution in [0.15, 0.2) is 46.9 Å². The molecule has 0 unspecified atom stereocenters. The molecule has 0 saturated heterocycles. The number of aryl methyl sites for hydroxylation is 2. The number of nitrogens with one attached hydrogen (secondary N) is 1. The fourth-order valence-electron chi connectivity index (χ4n) is 3.00. The highest BCUT2D eigenvalue weighted by atomic mass is 79.9. The second-order valence-corrected chi connectivity index (χ2v) is 7.38. The first kappa shape index (κ1) is 21.4. The van der Waals surface area contributed by atoms with Crippen molar-refractivity contribution in [2.75, 3.05) is 18.5 Å². The number of aromatic nitrogens is 2. The zero-order chi connectivity index (χ0) is 21.7. The fraction of sp³-hybridized carbons (Fsp3) is 0.227. The van der Waals surface area contributed by atoms with Crippen LogP contribution in [0.1, 0.15) is 23.9 Å². The number of benzene rings is 2. The van der Waals surface area contributed by atoms with Crippen molar-refractivity contribution in [2.45, 2.75) is 20.8 Å². The van der Waals surface area contributed by atoms with Gasteiger partial charge >= 0.3 is 0 Å². The maximum Gasteiger partial charge on any atom is 0.262 e. The van der Waals surface area contributed by atoms with E-state index in [0.717, 1.165) is 17.1 Å². The summed E-state index contributed by atoms with van der Waals surface area (Å²) in [5.41, 5.74) is 3.69. The number of nitrogens with zero attached hydrogens (tertiary/aromatic N) is 3. The summed E-state index contributed by atoms with van der Waals surface area (Å²) < 4.78 is 13.6. The molecule has 0 spiro atoms. The first-order valence-corrected chi connectivity index (χ1v) is 10.1. The largest absolute Gasteiger partial charge is 0.490 e. The van der Waals surface area contributed by atoms with E-state index >= 15 is 0 Å². The Labute approximate surface area is 183 Å². The molecule has 1 heterocycles. The molecule has 0 fully saturated rings. The molecule has 0 aliphatic rings. The average molecular weight is 469 g/mol. The molecular weight excluding hydrogens is 448 g/mol. The Kier molecular flexibility index (Phi) is 6.75. The van der Waals surface area contributed by atoms with Crippen LogP contribution in [0.4, 0.5) is 5.69 Å². The van der Waals surface area contributed by atoms with Crippen molar-refractivity contribution in [3.63, 3.8) is 0 Å². The average Bonchev–Trinajstić information content (AvgIpc) is 3.05. The zero-order valence-corrected chi connectivity index (χ0v) is 18.5. The van der Waals surface area contributed by atoms with Gasteiger partial charge in [-0.2, -0.15) is 10.4 Å². The molecule has 0 saturated carbocycles. The molecule has 2 aromatic carbocycles. The quantitative estimate of drug-likeness (QED) is 0.549. The molecule has 8 heteroatoms. The number of anilines is 1. The molecule has 154 valence electrons. The van der Waals surface area contributed by atoms with E-state index in [-0.39, 0.29) is 12.5 Å². The number of hydrogen-bond donors (Lipinski definition) is 1. The molecule has 0 bridgehead atoms. The topological polar surface area (TPSA) is 89.2 Å². The van der Waals surface area contributed by atoms with Crippen molar-refractivity contribution in [2.24, 2.45) is 0 Å². The molecule has 1 amide bonds. The van der Waals surface area contributed by atoms with Gasteiger partial charge in [0.2, 0.25) is 0 Å². The Morgan fingerprint density at radius 3 is 2.67 bits per heavy atom. The lowest BCUT2D eigenvalue weighted by Crippen LogP contribution is -2.21. The van der Waals surface area contributed by atoms with Crippen molar-refractivity contribution < 1.29 is 14.3 Å². The Balaban J connectivity index is 1.77. The lowest BCUT2D eigenvalue weighted by molar-refractivity contribution is -0.118. The number of para-hydroxylation sites is 2. The van der Waals surface area contributed by atoms with Crippen LogP contribution in [-0.4, -0.2) is 28.9 Å². The van der Waals surface area contributed by atoms with Crippen LogP contribution in [0.3, 0.4) is 0 Å². The van der Waals surface area contributed by atoms with E-state index in [2.05, 4.69) is 32.4 Å². The summed E-state index contributed by atoms with van der Waals surface area (Å²) in [6, 6.07) is 14.7. The normalized spacial score (nSPS) is 10.4. The molecule has 3 rings (SSSR count). The van der Waals surface area contributed by atoms with Crippen LogP contribution in [-0.2, 0) is 4.79 Å². The second kappa shape index (κ2) is 9.46. The molecule has 0 aliphatic carbocycles. The van der Waals surface area contributed by atoms with Gasteiger partial charge in [-0.3, -0.25) is 4.79 Å². The summed E-state index contributed by atoms with van der Waals surface area (Å²) in [4.78, 5) is 12.6. The van der Waals surface area contributed by atoms with E-state index in [1.165, 1.54) is 0 Å². The molecule has 1 aromatic heterocycles. The van der Waals surface area contributed by atoms with Gasteiger partial charge in [-0.1, -0.05) is 12.1 Å². The highest BCUT2D eigenvalue weighted by molar-refractivity contribution is 9.10. The molecule has 3 aromatic rings. The first-order chi connectivity index (χ1) is 14.4. The molecule has 0 aliphatic heterocycles. The molecular formula is C22H21BrN4O3. The van der Waals surface area contributed by atoms with Crippen LogP contribution < -0.4 is 14.8 Å². The fourth-order valence-corrected chi connectivity index (χ4v) is 3.55. The smallest absolute Gasteiger partial charge is 0.262 e. The third-order valence-electron chi connectivity index (χ3n) is 4.20. The number of halogens is 1. The highest BCUT2D eigenvalue weighted by Gasteiger charge is 2.16. The van der Waals surface area contributed by atoms with Gasteiger partial charge < -0.3 is 14.8 Å². The number of rotatable bonds is 7. The van der Waals surface area contributed by atoms with E-state index in [1.54, 1.807) is 16.8 Å². The number of carbonyl (C=O) groups is 1. The SMILES string of the molecule is CCOc1cc(C#N)cc(Br)c1OCC(=O)Nc1ccccc1-n1nc(C)cc1C. The summed E-state index contributed by atoms with van der Waals surface area (Å²) in [5, 5.41) is 16.5.